The van der Waals surface area contributed by atoms with E-state index < -0.39 is 11.7 Å². The molecule has 1 rings (SSSR count). The first-order valence-electron chi connectivity index (χ1n) is 5.64. The topological polar surface area (TPSA) is 47.6 Å². The zero-order valence-corrected chi connectivity index (χ0v) is 12.6. The van der Waals surface area contributed by atoms with Gasteiger partial charge in [-0.1, -0.05) is 28.1 Å². The Morgan fingerprint density at radius 1 is 1.39 bits per heavy atom. The molecule has 4 nitrogen and oxygen atoms in total. The molecule has 0 aromatic heterocycles. The Kier molecular flexibility index (Phi) is 5.16. The maximum Gasteiger partial charge on any atom is 0.431 e. The van der Waals surface area contributed by atoms with Gasteiger partial charge < -0.3 is 4.74 Å². The second kappa shape index (κ2) is 6.20. The van der Waals surface area contributed by atoms with Crippen LogP contribution < -0.4 is 5.48 Å². The number of nitrogens with one attached hydrogen (secondary N) is 1. The normalized spacial score (nSPS) is 11.2. The Bertz CT molecular complexity index is 427. The van der Waals surface area contributed by atoms with Gasteiger partial charge in [-0.25, -0.2) is 4.79 Å². The summed E-state index contributed by atoms with van der Waals surface area (Å²) in [6.07, 6.45) is -0.587. The molecule has 0 unspecified atom stereocenters. The van der Waals surface area contributed by atoms with Crippen LogP contribution in [0.5, 0.6) is 0 Å². The van der Waals surface area contributed by atoms with Crippen molar-refractivity contribution >= 4 is 22.0 Å². The van der Waals surface area contributed by atoms with Crippen LogP contribution in [-0.4, -0.2) is 11.7 Å². The average molecular weight is 316 g/mol. The van der Waals surface area contributed by atoms with Crippen LogP contribution in [0.15, 0.2) is 22.7 Å². The lowest BCUT2D eigenvalue weighted by molar-refractivity contribution is -0.0137. The number of ether oxygens (including phenoxy) is 1. The van der Waals surface area contributed by atoms with Crippen molar-refractivity contribution in [3.63, 3.8) is 0 Å². The van der Waals surface area contributed by atoms with E-state index in [9.17, 15) is 4.79 Å². The maximum absolute atomic E-state index is 11.3. The standard InChI is InChI=1S/C13H18BrNO3/c1-9-7-10(5-6-11(9)14)8-17-15-12(16)18-13(2,3)4/h5-7H,8H2,1-4H3,(H,15,16). The van der Waals surface area contributed by atoms with Gasteiger partial charge in [0.2, 0.25) is 0 Å². The molecule has 0 atom stereocenters. The molecule has 0 fully saturated rings. The molecular formula is C13H18BrNO3. The molecule has 0 spiro atoms. The second-order valence-electron chi connectivity index (χ2n) is 4.98. The van der Waals surface area contributed by atoms with Gasteiger partial charge in [-0.05, 0) is 44.9 Å². The van der Waals surface area contributed by atoms with Gasteiger partial charge in [0.1, 0.15) is 5.60 Å². The molecule has 0 heterocycles. The summed E-state index contributed by atoms with van der Waals surface area (Å²) < 4.78 is 6.08. The van der Waals surface area contributed by atoms with E-state index in [1.807, 2.05) is 25.1 Å². The lowest BCUT2D eigenvalue weighted by Crippen LogP contribution is -2.32. The highest BCUT2D eigenvalue weighted by atomic mass is 79.9. The van der Waals surface area contributed by atoms with Gasteiger partial charge in [0.25, 0.3) is 0 Å². The Hall–Kier alpha value is -1.07. The number of hydroxylamine groups is 1. The summed E-state index contributed by atoms with van der Waals surface area (Å²) >= 11 is 3.42. The summed E-state index contributed by atoms with van der Waals surface area (Å²) in [4.78, 5) is 16.4. The summed E-state index contributed by atoms with van der Waals surface area (Å²) in [6, 6.07) is 5.86. The van der Waals surface area contributed by atoms with Crippen molar-refractivity contribution in [3.05, 3.63) is 33.8 Å². The summed E-state index contributed by atoms with van der Waals surface area (Å²) in [7, 11) is 0. The molecule has 5 heteroatoms. The fourth-order valence-electron chi connectivity index (χ4n) is 1.27. The first-order valence-corrected chi connectivity index (χ1v) is 6.43. The van der Waals surface area contributed by atoms with Gasteiger partial charge in [0, 0.05) is 4.47 Å². The second-order valence-corrected chi connectivity index (χ2v) is 5.83. The minimum Gasteiger partial charge on any atom is -0.442 e. The molecule has 1 aromatic carbocycles. The maximum atomic E-state index is 11.3. The fraction of sp³-hybridized carbons (Fsp3) is 0.462. The highest BCUT2D eigenvalue weighted by Gasteiger charge is 2.15. The monoisotopic (exact) mass is 315 g/mol. The number of aryl methyl sites for hydroxylation is 1. The van der Waals surface area contributed by atoms with E-state index in [2.05, 4.69) is 21.4 Å². The van der Waals surface area contributed by atoms with E-state index >= 15 is 0 Å². The summed E-state index contributed by atoms with van der Waals surface area (Å²) in [5.74, 6) is 0. The molecule has 1 aromatic rings. The Morgan fingerprint density at radius 2 is 2.06 bits per heavy atom. The third-order valence-electron chi connectivity index (χ3n) is 2.02. The number of halogens is 1. The summed E-state index contributed by atoms with van der Waals surface area (Å²) in [5, 5.41) is 0. The minimum atomic E-state index is -0.587. The SMILES string of the molecule is Cc1cc(CONC(=O)OC(C)(C)C)ccc1Br. The van der Waals surface area contributed by atoms with Crippen LogP contribution in [-0.2, 0) is 16.2 Å². The van der Waals surface area contributed by atoms with Crippen LogP contribution in [0.2, 0.25) is 0 Å². The quantitative estimate of drug-likeness (QED) is 0.865. The molecule has 0 saturated heterocycles. The van der Waals surface area contributed by atoms with Crippen LogP contribution in [0, 0.1) is 6.92 Å². The number of carbonyl (C=O) groups is 1. The Morgan fingerprint density at radius 3 is 2.61 bits per heavy atom. The summed E-state index contributed by atoms with van der Waals surface area (Å²) in [6.45, 7) is 7.68. The average Bonchev–Trinajstić information content (AvgIpc) is 2.20. The van der Waals surface area contributed by atoms with Gasteiger partial charge in [-0.15, -0.1) is 0 Å². The van der Waals surface area contributed by atoms with E-state index in [0.29, 0.717) is 6.61 Å². The third-order valence-corrected chi connectivity index (χ3v) is 2.91. The van der Waals surface area contributed by atoms with Crippen molar-refractivity contribution in [2.45, 2.75) is 39.9 Å². The molecular weight excluding hydrogens is 298 g/mol. The fourth-order valence-corrected chi connectivity index (χ4v) is 1.52. The molecule has 1 amide bonds. The van der Waals surface area contributed by atoms with E-state index in [-0.39, 0.29) is 0 Å². The zero-order valence-electron chi connectivity index (χ0n) is 11.0. The number of benzene rings is 1. The zero-order chi connectivity index (χ0) is 13.8. The predicted octanol–water partition coefficient (Wildman–Crippen LogP) is 3.71. The lowest BCUT2D eigenvalue weighted by Gasteiger charge is -2.19. The number of rotatable bonds is 3. The molecule has 18 heavy (non-hydrogen) atoms. The van der Waals surface area contributed by atoms with Gasteiger partial charge >= 0.3 is 6.09 Å². The van der Waals surface area contributed by atoms with Gasteiger partial charge in [-0.2, -0.15) is 5.48 Å². The predicted molar refractivity (Wildman–Crippen MR) is 73.0 cm³/mol. The minimum absolute atomic E-state index is 0.299. The molecule has 1 N–H and O–H groups in total. The van der Waals surface area contributed by atoms with Crippen molar-refractivity contribution in [2.75, 3.05) is 0 Å². The van der Waals surface area contributed by atoms with E-state index in [0.717, 1.165) is 15.6 Å². The Balaban J connectivity index is 2.38. The van der Waals surface area contributed by atoms with Crippen LogP contribution in [0.4, 0.5) is 4.79 Å². The molecule has 0 saturated carbocycles. The van der Waals surface area contributed by atoms with Crippen molar-refractivity contribution < 1.29 is 14.4 Å². The number of carbonyl (C=O) groups excluding carboxylic acids is 1. The largest absolute Gasteiger partial charge is 0.442 e. The van der Waals surface area contributed by atoms with Crippen molar-refractivity contribution in [2.24, 2.45) is 0 Å². The van der Waals surface area contributed by atoms with Crippen LogP contribution in [0.1, 0.15) is 31.9 Å². The van der Waals surface area contributed by atoms with Gasteiger partial charge in [0.05, 0.1) is 6.61 Å². The highest BCUT2D eigenvalue weighted by Crippen LogP contribution is 2.17. The highest BCUT2D eigenvalue weighted by molar-refractivity contribution is 9.10. The van der Waals surface area contributed by atoms with E-state index in [1.165, 1.54) is 0 Å². The van der Waals surface area contributed by atoms with Crippen molar-refractivity contribution in [1.29, 1.82) is 0 Å². The molecule has 0 aliphatic carbocycles. The van der Waals surface area contributed by atoms with E-state index in [4.69, 9.17) is 9.57 Å². The van der Waals surface area contributed by atoms with Gasteiger partial charge in [-0.3, -0.25) is 4.84 Å². The van der Waals surface area contributed by atoms with Crippen molar-refractivity contribution in [3.8, 4) is 0 Å². The molecule has 100 valence electrons. The molecule has 0 aliphatic rings. The van der Waals surface area contributed by atoms with Crippen LogP contribution in [0.25, 0.3) is 0 Å². The number of amides is 1. The first-order chi connectivity index (χ1) is 8.28. The van der Waals surface area contributed by atoms with Crippen LogP contribution >= 0.6 is 15.9 Å². The van der Waals surface area contributed by atoms with Crippen LogP contribution in [0.3, 0.4) is 0 Å². The van der Waals surface area contributed by atoms with E-state index in [1.54, 1.807) is 20.8 Å². The lowest BCUT2D eigenvalue weighted by atomic mass is 10.1. The third kappa shape index (κ3) is 5.51. The number of hydrogen-bond donors (Lipinski definition) is 1. The molecule has 0 bridgehead atoms. The van der Waals surface area contributed by atoms with Crippen molar-refractivity contribution in [1.82, 2.24) is 5.48 Å². The first kappa shape index (κ1) is 15.0. The van der Waals surface area contributed by atoms with Gasteiger partial charge in [0.15, 0.2) is 0 Å². The smallest absolute Gasteiger partial charge is 0.431 e. The summed E-state index contributed by atoms with van der Waals surface area (Å²) in [5.41, 5.74) is 3.82. The number of hydrogen-bond acceptors (Lipinski definition) is 3. The molecule has 0 radical (unpaired) electrons. The molecule has 0 aliphatic heterocycles. The Labute approximate surface area is 116 Å².